The van der Waals surface area contributed by atoms with E-state index in [-0.39, 0.29) is 23.5 Å². The summed E-state index contributed by atoms with van der Waals surface area (Å²) in [6.07, 6.45) is 2.72. The Hall–Kier alpha value is -2.97. The van der Waals surface area contributed by atoms with Crippen molar-refractivity contribution < 1.29 is 17.9 Å². The van der Waals surface area contributed by atoms with Crippen LogP contribution in [0.5, 0.6) is 5.75 Å². The van der Waals surface area contributed by atoms with E-state index in [1.54, 1.807) is 23.9 Å². The number of sulfonamides is 1. The molecule has 33 heavy (non-hydrogen) atoms. The van der Waals surface area contributed by atoms with Crippen molar-refractivity contribution in [3.8, 4) is 5.75 Å². The van der Waals surface area contributed by atoms with Gasteiger partial charge in [0.1, 0.15) is 5.75 Å². The number of carbonyl (C=O) groups excluding carboxylic acids is 1. The van der Waals surface area contributed by atoms with Gasteiger partial charge in [-0.3, -0.25) is 9.10 Å². The molecule has 1 amide bonds. The van der Waals surface area contributed by atoms with E-state index >= 15 is 0 Å². The van der Waals surface area contributed by atoms with Gasteiger partial charge in [0.05, 0.1) is 16.6 Å². The molecule has 0 saturated heterocycles. The molecule has 0 aromatic heterocycles. The average Bonchev–Trinajstić information content (AvgIpc) is 3.28. The molecule has 1 atom stereocenters. The molecule has 3 aromatic rings. The Morgan fingerprint density at radius 3 is 2.45 bits per heavy atom. The van der Waals surface area contributed by atoms with Crippen molar-refractivity contribution in [2.75, 3.05) is 23.7 Å². The number of anilines is 1. The van der Waals surface area contributed by atoms with Crippen molar-refractivity contribution >= 4 is 33.4 Å². The number of nitrogens with zero attached hydrogens (tertiary/aromatic N) is 1. The molecule has 0 saturated carbocycles. The van der Waals surface area contributed by atoms with Gasteiger partial charge in [-0.1, -0.05) is 30.3 Å². The monoisotopic (exact) mass is 482 g/mol. The zero-order valence-corrected chi connectivity index (χ0v) is 20.2. The quantitative estimate of drug-likeness (QED) is 0.481. The highest BCUT2D eigenvalue weighted by atomic mass is 32.2. The van der Waals surface area contributed by atoms with Crippen molar-refractivity contribution in [2.45, 2.75) is 29.2 Å². The highest BCUT2D eigenvalue weighted by Gasteiger charge is 2.30. The lowest BCUT2D eigenvalue weighted by atomic mass is 10.1. The lowest BCUT2D eigenvalue weighted by Crippen LogP contribution is -2.31. The summed E-state index contributed by atoms with van der Waals surface area (Å²) in [5, 5.41) is 2.91. The van der Waals surface area contributed by atoms with Crippen molar-refractivity contribution in [2.24, 2.45) is 0 Å². The average molecular weight is 483 g/mol. The van der Waals surface area contributed by atoms with Gasteiger partial charge in [0.25, 0.3) is 15.9 Å². The predicted molar refractivity (Wildman–Crippen MR) is 131 cm³/mol. The van der Waals surface area contributed by atoms with Gasteiger partial charge < -0.3 is 10.1 Å². The van der Waals surface area contributed by atoms with Crippen molar-refractivity contribution in [3.05, 3.63) is 83.9 Å². The van der Waals surface area contributed by atoms with Crippen LogP contribution in [0.25, 0.3) is 0 Å². The Morgan fingerprint density at radius 2 is 1.76 bits per heavy atom. The van der Waals surface area contributed by atoms with E-state index in [0.29, 0.717) is 18.7 Å². The summed E-state index contributed by atoms with van der Waals surface area (Å²) >= 11 is 1.67. The number of amides is 1. The fourth-order valence-electron chi connectivity index (χ4n) is 3.80. The third kappa shape index (κ3) is 5.17. The van der Waals surface area contributed by atoms with Crippen LogP contribution < -0.4 is 14.4 Å². The fourth-order valence-corrected chi connectivity index (χ4v) is 5.71. The molecule has 172 valence electrons. The van der Waals surface area contributed by atoms with Gasteiger partial charge in [0, 0.05) is 11.4 Å². The van der Waals surface area contributed by atoms with Gasteiger partial charge in [-0.05, 0) is 73.2 Å². The highest BCUT2D eigenvalue weighted by Crippen LogP contribution is 2.33. The summed E-state index contributed by atoms with van der Waals surface area (Å²) in [5.41, 5.74) is 2.77. The third-order valence-corrected chi connectivity index (χ3v) is 8.19. The fraction of sp³-hybridized carbons (Fsp3) is 0.240. The largest absolute Gasteiger partial charge is 0.484 e. The number of hydrogen-bond acceptors (Lipinski definition) is 5. The van der Waals surface area contributed by atoms with Crippen LogP contribution in [-0.2, 0) is 21.2 Å². The molecule has 6 nitrogen and oxygen atoms in total. The second-order valence-corrected chi connectivity index (χ2v) is 10.5. The molecule has 1 heterocycles. The maximum absolute atomic E-state index is 13.1. The summed E-state index contributed by atoms with van der Waals surface area (Å²) in [5.74, 6) is 0.185. The van der Waals surface area contributed by atoms with Gasteiger partial charge in [-0.2, -0.15) is 0 Å². The second kappa shape index (κ2) is 9.89. The highest BCUT2D eigenvalue weighted by molar-refractivity contribution is 7.98. The molecule has 4 rings (SSSR count). The summed E-state index contributed by atoms with van der Waals surface area (Å²) in [6, 6.07) is 21.6. The van der Waals surface area contributed by atoms with Gasteiger partial charge in [0.15, 0.2) is 6.61 Å². The maximum Gasteiger partial charge on any atom is 0.264 e. The Kier molecular flexibility index (Phi) is 6.95. The van der Waals surface area contributed by atoms with Crippen LogP contribution in [0.2, 0.25) is 0 Å². The summed E-state index contributed by atoms with van der Waals surface area (Å²) in [6.45, 7) is 2.19. The summed E-state index contributed by atoms with van der Waals surface area (Å²) < 4.78 is 33.2. The van der Waals surface area contributed by atoms with E-state index in [9.17, 15) is 13.2 Å². The minimum Gasteiger partial charge on any atom is -0.484 e. The van der Waals surface area contributed by atoms with Crippen molar-refractivity contribution in [1.82, 2.24) is 5.32 Å². The smallest absolute Gasteiger partial charge is 0.264 e. The number of fused-ring (bicyclic) bond motifs is 1. The van der Waals surface area contributed by atoms with Gasteiger partial charge in [0.2, 0.25) is 0 Å². The van der Waals surface area contributed by atoms with E-state index < -0.39 is 10.0 Å². The van der Waals surface area contributed by atoms with E-state index in [0.717, 1.165) is 16.8 Å². The topological polar surface area (TPSA) is 75.7 Å². The Bertz CT molecular complexity index is 1230. The zero-order chi connectivity index (χ0) is 23.4. The van der Waals surface area contributed by atoms with Crippen molar-refractivity contribution in [3.63, 3.8) is 0 Å². The Labute approximate surface area is 199 Å². The first-order valence-corrected chi connectivity index (χ1v) is 13.3. The van der Waals surface area contributed by atoms with E-state index in [1.807, 2.05) is 61.7 Å². The number of para-hydroxylation sites is 1. The Balaban J connectivity index is 1.34. The standard InChI is InChI=1S/C25H26N2O4S2/c1-18(19-7-11-22(32-2)12-8-19)26-25(28)17-31-21-9-13-23(14-10-21)33(29,30)27-16-15-20-5-3-4-6-24(20)27/h3-14,18H,15-17H2,1-2H3,(H,26,28). The minimum absolute atomic E-state index is 0.145. The minimum atomic E-state index is -3.65. The van der Waals surface area contributed by atoms with Crippen LogP contribution in [0, 0.1) is 0 Å². The molecule has 1 aliphatic rings. The van der Waals surface area contributed by atoms with E-state index in [4.69, 9.17) is 4.74 Å². The number of rotatable bonds is 8. The first-order valence-electron chi connectivity index (χ1n) is 10.7. The molecule has 0 radical (unpaired) electrons. The first-order chi connectivity index (χ1) is 15.9. The van der Waals surface area contributed by atoms with Gasteiger partial charge in [-0.25, -0.2) is 8.42 Å². The lowest BCUT2D eigenvalue weighted by Gasteiger charge is -2.19. The normalized spacial score (nSPS) is 13.9. The molecule has 0 aliphatic carbocycles. The number of hydrogen-bond donors (Lipinski definition) is 1. The van der Waals surface area contributed by atoms with Crippen LogP contribution in [-0.4, -0.2) is 33.7 Å². The lowest BCUT2D eigenvalue weighted by molar-refractivity contribution is -0.123. The van der Waals surface area contributed by atoms with E-state index in [2.05, 4.69) is 5.32 Å². The number of nitrogens with one attached hydrogen (secondary N) is 1. The molecule has 0 fully saturated rings. The molecule has 0 spiro atoms. The van der Waals surface area contributed by atoms with Crippen LogP contribution in [0.15, 0.2) is 82.6 Å². The van der Waals surface area contributed by atoms with E-state index in [1.165, 1.54) is 21.3 Å². The number of thioether (sulfide) groups is 1. The molecular formula is C25H26N2O4S2. The van der Waals surface area contributed by atoms with Crippen LogP contribution in [0.4, 0.5) is 5.69 Å². The van der Waals surface area contributed by atoms with Crippen molar-refractivity contribution in [1.29, 1.82) is 0 Å². The predicted octanol–water partition coefficient (Wildman–Crippen LogP) is 4.42. The molecule has 1 aliphatic heterocycles. The molecule has 0 bridgehead atoms. The molecule has 1 N–H and O–H groups in total. The summed E-state index contributed by atoms with van der Waals surface area (Å²) in [7, 11) is -3.65. The van der Waals surface area contributed by atoms with Gasteiger partial charge in [-0.15, -0.1) is 11.8 Å². The Morgan fingerprint density at radius 1 is 1.06 bits per heavy atom. The van der Waals surface area contributed by atoms with Gasteiger partial charge >= 0.3 is 0 Å². The second-order valence-electron chi connectivity index (χ2n) is 7.78. The zero-order valence-electron chi connectivity index (χ0n) is 18.5. The third-order valence-electron chi connectivity index (χ3n) is 5.62. The molecular weight excluding hydrogens is 456 g/mol. The number of carbonyl (C=O) groups is 1. The number of ether oxygens (including phenoxy) is 1. The maximum atomic E-state index is 13.1. The number of benzene rings is 3. The van der Waals surface area contributed by atoms with Crippen LogP contribution in [0.3, 0.4) is 0 Å². The molecule has 8 heteroatoms. The molecule has 1 unspecified atom stereocenters. The summed E-state index contributed by atoms with van der Waals surface area (Å²) in [4.78, 5) is 13.7. The van der Waals surface area contributed by atoms with Crippen LogP contribution >= 0.6 is 11.8 Å². The van der Waals surface area contributed by atoms with Crippen LogP contribution in [0.1, 0.15) is 24.1 Å². The first kappa shape index (κ1) is 23.2. The SMILES string of the molecule is CSc1ccc(C(C)NC(=O)COc2ccc(S(=O)(=O)N3CCc4ccccc43)cc2)cc1. The molecule has 3 aromatic carbocycles.